The van der Waals surface area contributed by atoms with Crippen molar-refractivity contribution in [1.82, 2.24) is 4.98 Å². The lowest BCUT2D eigenvalue weighted by molar-refractivity contribution is 0.573. The van der Waals surface area contributed by atoms with Gasteiger partial charge < -0.3 is 15.9 Å². The first-order chi connectivity index (χ1) is 16.7. The molecule has 0 amide bonds. The Bertz CT molecular complexity index is 1510. The monoisotopic (exact) mass is 490 g/mol. The number of rotatable bonds is 7. The summed E-state index contributed by atoms with van der Waals surface area (Å²) in [4.78, 5) is 4.09. The first-order valence-corrected chi connectivity index (χ1v) is 11.8. The van der Waals surface area contributed by atoms with Crippen LogP contribution in [0.2, 0.25) is 0 Å². The van der Waals surface area contributed by atoms with Gasteiger partial charge in [0.25, 0.3) is 10.0 Å². The fourth-order valence-corrected chi connectivity index (χ4v) is 3.93. The maximum Gasteiger partial charge on any atom is 0.264 e. The lowest BCUT2D eigenvalue weighted by Gasteiger charge is -2.06. The number of sulfonamides is 1. The zero-order chi connectivity index (χ0) is 25.0. The number of aryl methyl sites for hydroxylation is 1. The van der Waals surface area contributed by atoms with Crippen molar-refractivity contribution in [1.29, 1.82) is 0 Å². The normalized spacial score (nSPS) is 11.9. The molecule has 4 rings (SSSR count). The predicted molar refractivity (Wildman–Crippen MR) is 133 cm³/mol. The third-order valence-electron chi connectivity index (χ3n) is 5.00. The Morgan fingerprint density at radius 1 is 0.829 bits per heavy atom. The van der Waals surface area contributed by atoms with Crippen molar-refractivity contribution in [2.24, 2.45) is 20.5 Å². The molecule has 5 N–H and O–H groups in total. The van der Waals surface area contributed by atoms with Gasteiger partial charge in [-0.15, -0.1) is 10.2 Å². The molecule has 178 valence electrons. The van der Waals surface area contributed by atoms with E-state index in [1.54, 1.807) is 19.1 Å². The van der Waals surface area contributed by atoms with Gasteiger partial charge in [0.05, 0.1) is 22.5 Å². The van der Waals surface area contributed by atoms with E-state index < -0.39 is 10.0 Å². The molecule has 0 aliphatic rings. The van der Waals surface area contributed by atoms with Crippen LogP contribution in [0.5, 0.6) is 0 Å². The van der Waals surface area contributed by atoms with Crippen LogP contribution in [0, 0.1) is 13.8 Å². The highest BCUT2D eigenvalue weighted by Gasteiger charge is 2.18. The molecule has 0 saturated heterocycles. The fourth-order valence-electron chi connectivity index (χ4n) is 2.88. The van der Waals surface area contributed by atoms with Gasteiger partial charge in [-0.25, -0.2) is 18.1 Å². The number of anilines is 3. The molecule has 2 heterocycles. The summed E-state index contributed by atoms with van der Waals surface area (Å²) in [6, 6.07) is 16.5. The van der Waals surface area contributed by atoms with E-state index in [0.29, 0.717) is 11.4 Å². The van der Waals surface area contributed by atoms with Crippen LogP contribution >= 0.6 is 0 Å². The third kappa shape index (κ3) is 5.50. The molecule has 0 fully saturated rings. The second-order valence-corrected chi connectivity index (χ2v) is 9.19. The summed E-state index contributed by atoms with van der Waals surface area (Å²) in [6.45, 7) is 3.60. The minimum absolute atomic E-state index is 0.0437. The van der Waals surface area contributed by atoms with E-state index in [0.717, 1.165) is 11.1 Å². The van der Waals surface area contributed by atoms with Crippen LogP contribution < -0.4 is 16.2 Å². The van der Waals surface area contributed by atoms with Gasteiger partial charge in [0, 0.05) is 11.6 Å². The molecule has 35 heavy (non-hydrogen) atoms. The second kappa shape index (κ2) is 9.73. The maximum absolute atomic E-state index is 12.7. The molecule has 0 radical (unpaired) electrons. The van der Waals surface area contributed by atoms with Crippen molar-refractivity contribution in [2.75, 3.05) is 16.2 Å². The summed E-state index contributed by atoms with van der Waals surface area (Å²) < 4.78 is 33.0. The smallest absolute Gasteiger partial charge is 0.264 e. The molecule has 0 aliphatic heterocycles. The summed E-state index contributed by atoms with van der Waals surface area (Å²) in [5, 5.41) is 16.4. The van der Waals surface area contributed by atoms with E-state index in [-0.39, 0.29) is 33.8 Å². The number of azo groups is 2. The van der Waals surface area contributed by atoms with Gasteiger partial charge in [0.1, 0.15) is 11.4 Å². The molecule has 2 aromatic heterocycles. The number of benzene rings is 2. The number of pyridine rings is 1. The second-order valence-electron chi connectivity index (χ2n) is 7.50. The summed E-state index contributed by atoms with van der Waals surface area (Å²) in [5.74, 6) is 0.348. The lowest BCUT2D eigenvalue weighted by Crippen LogP contribution is -2.12. The van der Waals surface area contributed by atoms with Gasteiger partial charge in [-0.3, -0.25) is 0 Å². The molecule has 2 aromatic carbocycles. The van der Waals surface area contributed by atoms with Crippen molar-refractivity contribution in [3.8, 4) is 0 Å². The van der Waals surface area contributed by atoms with Crippen LogP contribution in [0.1, 0.15) is 11.1 Å². The molecule has 4 aromatic rings. The average Bonchev–Trinajstić information content (AvgIpc) is 3.15. The molecule has 0 atom stereocenters. The van der Waals surface area contributed by atoms with E-state index in [1.165, 1.54) is 36.6 Å². The molecule has 0 unspecified atom stereocenters. The largest absolute Gasteiger partial charge is 0.447 e. The van der Waals surface area contributed by atoms with Crippen molar-refractivity contribution >= 4 is 50.3 Å². The molecule has 12 heteroatoms. The van der Waals surface area contributed by atoms with Crippen LogP contribution in [-0.2, 0) is 10.0 Å². The maximum atomic E-state index is 12.7. The van der Waals surface area contributed by atoms with Crippen molar-refractivity contribution < 1.29 is 12.8 Å². The average molecular weight is 491 g/mol. The molecule has 0 aliphatic carbocycles. The van der Waals surface area contributed by atoms with Crippen LogP contribution in [0.4, 0.5) is 40.3 Å². The Labute approximate surface area is 201 Å². The molecule has 0 bridgehead atoms. The first-order valence-electron chi connectivity index (χ1n) is 10.3. The van der Waals surface area contributed by atoms with E-state index in [1.807, 2.05) is 25.1 Å². The number of furan rings is 1. The number of aromatic nitrogens is 1. The topological polar surface area (TPSA) is 174 Å². The molecular formula is C23H22N8O3S. The number of nitrogens with zero attached hydrogens (tertiary/aromatic N) is 5. The van der Waals surface area contributed by atoms with E-state index in [2.05, 4.69) is 30.2 Å². The Kier molecular flexibility index (Phi) is 6.55. The van der Waals surface area contributed by atoms with Crippen molar-refractivity contribution in [3.05, 3.63) is 78.1 Å². The Balaban J connectivity index is 1.52. The predicted octanol–water partition coefficient (Wildman–Crippen LogP) is 6.09. The number of nitrogen functional groups attached to an aromatic ring is 2. The van der Waals surface area contributed by atoms with Crippen LogP contribution in [0.3, 0.4) is 0 Å². The van der Waals surface area contributed by atoms with Gasteiger partial charge >= 0.3 is 0 Å². The highest BCUT2D eigenvalue weighted by Crippen LogP contribution is 2.33. The lowest BCUT2D eigenvalue weighted by atomic mass is 10.2. The van der Waals surface area contributed by atoms with Crippen LogP contribution in [0.25, 0.3) is 0 Å². The number of nitrogens with two attached hydrogens (primary N) is 2. The van der Waals surface area contributed by atoms with E-state index in [9.17, 15) is 8.42 Å². The summed E-state index contributed by atoms with van der Waals surface area (Å²) in [7, 11) is -3.84. The van der Waals surface area contributed by atoms with Gasteiger partial charge in [-0.2, -0.15) is 10.2 Å². The van der Waals surface area contributed by atoms with Crippen molar-refractivity contribution in [3.63, 3.8) is 0 Å². The number of nitrogens with one attached hydrogen (secondary N) is 1. The highest BCUT2D eigenvalue weighted by molar-refractivity contribution is 7.92. The summed E-state index contributed by atoms with van der Waals surface area (Å²) in [6.07, 6.45) is 1.49. The van der Waals surface area contributed by atoms with Crippen LogP contribution in [-0.4, -0.2) is 13.4 Å². The Hall–Kier alpha value is -4.58. The molecule has 0 spiro atoms. The minimum atomic E-state index is -3.84. The molecular weight excluding hydrogens is 468 g/mol. The molecule has 0 saturated carbocycles. The highest BCUT2D eigenvalue weighted by atomic mass is 32.2. The summed E-state index contributed by atoms with van der Waals surface area (Å²) in [5.41, 5.74) is 15.0. The zero-order valence-electron chi connectivity index (χ0n) is 18.9. The summed E-state index contributed by atoms with van der Waals surface area (Å²) >= 11 is 0. The van der Waals surface area contributed by atoms with Gasteiger partial charge in [0.2, 0.25) is 5.88 Å². The van der Waals surface area contributed by atoms with E-state index in [4.69, 9.17) is 15.9 Å². The SMILES string of the molecule is Cc1coc(NS(=O)(=O)c2ccc(N=Nc3cc(N=Nc4ccccc4)c(N)nc3N)cc2)c1C. The third-order valence-corrected chi connectivity index (χ3v) is 6.35. The van der Waals surface area contributed by atoms with Crippen molar-refractivity contribution in [2.45, 2.75) is 18.7 Å². The van der Waals surface area contributed by atoms with Gasteiger partial charge in [-0.05, 0) is 55.8 Å². The number of hydrogen-bond donors (Lipinski definition) is 3. The zero-order valence-corrected chi connectivity index (χ0v) is 19.7. The fraction of sp³-hybridized carbons (Fsp3) is 0.0870. The standard InChI is InChI=1S/C23H22N8O3S/c1-14-13-34-23(15(14)2)31-35(32,33)18-10-8-17(9-11-18)28-30-20-12-19(21(24)26-22(20)25)29-27-16-6-4-3-5-7-16/h3-13,31H,1-2H3,(H4,24,25,26). The Morgan fingerprint density at radius 3 is 1.94 bits per heavy atom. The minimum Gasteiger partial charge on any atom is -0.447 e. The quantitative estimate of drug-likeness (QED) is 0.264. The Morgan fingerprint density at radius 2 is 1.40 bits per heavy atom. The van der Waals surface area contributed by atoms with Crippen LogP contribution in [0.15, 0.2) is 96.7 Å². The van der Waals surface area contributed by atoms with E-state index >= 15 is 0 Å². The molecule has 11 nitrogen and oxygen atoms in total. The van der Waals surface area contributed by atoms with Gasteiger partial charge in [-0.1, -0.05) is 18.2 Å². The van der Waals surface area contributed by atoms with Gasteiger partial charge in [0.15, 0.2) is 11.6 Å². The number of hydrogen-bond acceptors (Lipinski definition) is 10. The first kappa shape index (κ1) is 23.6.